The maximum absolute atomic E-state index is 11.2. The van der Waals surface area contributed by atoms with E-state index >= 15 is 0 Å². The number of nitriles is 1. The lowest BCUT2D eigenvalue weighted by Crippen LogP contribution is -2.25. The van der Waals surface area contributed by atoms with Crippen LogP contribution in [-0.4, -0.2) is 17.6 Å². The van der Waals surface area contributed by atoms with Crippen LogP contribution in [0.1, 0.15) is 48.1 Å². The fourth-order valence-electron chi connectivity index (χ4n) is 5.29. The molecule has 4 nitrogen and oxygen atoms in total. The Kier molecular flexibility index (Phi) is 4.87. The van der Waals surface area contributed by atoms with Crippen LogP contribution in [0.25, 0.3) is 17.2 Å². The zero-order chi connectivity index (χ0) is 23.3. The van der Waals surface area contributed by atoms with Crippen molar-refractivity contribution in [3.05, 3.63) is 88.0 Å². The zero-order valence-corrected chi connectivity index (χ0v) is 19.1. The number of aliphatic carboxylic acids is 1. The molecule has 4 heteroatoms. The smallest absolute Gasteiger partial charge is 0.346 e. The quantitative estimate of drug-likeness (QED) is 0.384. The molecule has 0 amide bonds. The molecule has 0 unspecified atom stereocenters. The topological polar surface area (TPSA) is 64.3 Å². The fraction of sp³-hybridized carbons (Fsp3) is 0.241. The van der Waals surface area contributed by atoms with Crippen molar-refractivity contribution < 1.29 is 9.90 Å². The molecule has 1 N–H and O–H groups in total. The van der Waals surface area contributed by atoms with E-state index in [4.69, 9.17) is 10.4 Å². The third kappa shape index (κ3) is 3.41. The first kappa shape index (κ1) is 21.0. The van der Waals surface area contributed by atoms with Crippen molar-refractivity contribution in [2.45, 2.75) is 39.0 Å². The first-order valence-corrected chi connectivity index (χ1v) is 11.3. The van der Waals surface area contributed by atoms with Gasteiger partial charge in [-0.3, -0.25) is 0 Å². The van der Waals surface area contributed by atoms with E-state index < -0.39 is 5.97 Å². The van der Waals surface area contributed by atoms with Crippen LogP contribution in [0.2, 0.25) is 0 Å². The first-order chi connectivity index (χ1) is 15.8. The number of fused-ring (bicyclic) bond motifs is 4. The van der Waals surface area contributed by atoms with Crippen LogP contribution in [0.15, 0.2) is 60.2 Å². The van der Waals surface area contributed by atoms with E-state index in [0.717, 1.165) is 30.6 Å². The number of carboxylic acid groups (broad SMARTS) is 1. The van der Waals surface area contributed by atoms with Gasteiger partial charge in [0.15, 0.2) is 0 Å². The maximum atomic E-state index is 11.2. The second kappa shape index (κ2) is 7.64. The Balaban J connectivity index is 1.55. The van der Waals surface area contributed by atoms with E-state index in [1.54, 1.807) is 6.07 Å². The van der Waals surface area contributed by atoms with Crippen molar-refractivity contribution in [1.29, 1.82) is 5.26 Å². The minimum Gasteiger partial charge on any atom is -0.477 e. The lowest BCUT2D eigenvalue weighted by Gasteiger charge is -2.33. The minimum absolute atomic E-state index is 0.0511. The molecule has 0 spiro atoms. The third-order valence-corrected chi connectivity index (χ3v) is 7.01. The van der Waals surface area contributed by atoms with E-state index in [2.05, 4.69) is 62.1 Å². The van der Waals surface area contributed by atoms with Crippen molar-refractivity contribution in [3.63, 3.8) is 0 Å². The summed E-state index contributed by atoms with van der Waals surface area (Å²) >= 11 is 0. The molecular formula is C29H26N2O2. The summed E-state index contributed by atoms with van der Waals surface area (Å²) in [6, 6.07) is 21.3. The number of hydrogen-bond donors (Lipinski definition) is 1. The van der Waals surface area contributed by atoms with E-state index in [1.165, 1.54) is 45.1 Å². The normalized spacial score (nSPS) is 15.9. The summed E-state index contributed by atoms with van der Waals surface area (Å²) in [5.74, 6) is -1.20. The summed E-state index contributed by atoms with van der Waals surface area (Å²) in [5.41, 5.74) is 10.6. The third-order valence-electron chi connectivity index (χ3n) is 7.01. The molecule has 1 heterocycles. The summed E-state index contributed by atoms with van der Waals surface area (Å²) < 4.78 is 0. The van der Waals surface area contributed by atoms with E-state index in [0.29, 0.717) is 0 Å². The number of hydrogen-bond acceptors (Lipinski definition) is 3. The molecule has 0 atom stereocenters. The van der Waals surface area contributed by atoms with Gasteiger partial charge < -0.3 is 10.0 Å². The second-order valence-corrected chi connectivity index (χ2v) is 9.52. The first-order valence-electron chi connectivity index (χ1n) is 11.3. The van der Waals surface area contributed by atoms with Gasteiger partial charge in [-0.1, -0.05) is 49.7 Å². The molecule has 5 rings (SSSR count). The molecule has 0 fully saturated rings. The Morgan fingerprint density at radius 2 is 1.79 bits per heavy atom. The Morgan fingerprint density at radius 1 is 1.06 bits per heavy atom. The number of nitrogens with zero attached hydrogens (tertiary/aromatic N) is 2. The minimum atomic E-state index is -1.20. The molecule has 1 aliphatic carbocycles. The lowest BCUT2D eigenvalue weighted by molar-refractivity contribution is -0.132. The predicted molar refractivity (Wildman–Crippen MR) is 132 cm³/mol. The van der Waals surface area contributed by atoms with Crippen molar-refractivity contribution in [2.24, 2.45) is 0 Å². The molecule has 164 valence electrons. The molecule has 0 saturated heterocycles. The second-order valence-electron chi connectivity index (χ2n) is 9.52. The van der Waals surface area contributed by atoms with Gasteiger partial charge in [0.05, 0.1) is 0 Å². The lowest BCUT2D eigenvalue weighted by atomic mass is 9.82. The van der Waals surface area contributed by atoms with Crippen LogP contribution in [-0.2, 0) is 16.6 Å². The number of anilines is 2. The van der Waals surface area contributed by atoms with Gasteiger partial charge in [0.2, 0.25) is 0 Å². The van der Waals surface area contributed by atoms with Crippen molar-refractivity contribution in [3.8, 4) is 17.2 Å². The van der Waals surface area contributed by atoms with Crippen LogP contribution in [0.5, 0.6) is 0 Å². The van der Waals surface area contributed by atoms with Crippen molar-refractivity contribution >= 4 is 23.4 Å². The summed E-state index contributed by atoms with van der Waals surface area (Å²) in [7, 11) is 0. The van der Waals surface area contributed by atoms with Gasteiger partial charge in [-0.05, 0) is 83.5 Å². The van der Waals surface area contributed by atoms with Crippen LogP contribution in [0.3, 0.4) is 0 Å². The molecule has 0 saturated carbocycles. The van der Waals surface area contributed by atoms with Crippen LogP contribution in [0.4, 0.5) is 11.4 Å². The number of carboxylic acids is 1. The molecule has 0 bridgehead atoms. The van der Waals surface area contributed by atoms with Gasteiger partial charge in [-0.2, -0.15) is 5.26 Å². The summed E-state index contributed by atoms with van der Waals surface area (Å²) in [4.78, 5) is 13.6. The SMILES string of the molecule is Cc1ccc2c(c1)C(C)(C)c1cc(N3CCCc4cc(C=C(C#N)C(=O)O)ccc43)ccc1-2. The predicted octanol–water partition coefficient (Wildman–Crippen LogP) is 6.38. The van der Waals surface area contributed by atoms with Gasteiger partial charge in [-0.25, -0.2) is 4.79 Å². The summed E-state index contributed by atoms with van der Waals surface area (Å²) in [6.07, 6.45) is 3.40. The standard InChI is InChI=1S/C29H26N2O2/c1-18-6-9-23-24-10-8-22(16-26(24)29(2,3)25(23)13-18)31-12-4-5-20-14-19(7-11-27(20)31)15-21(17-30)28(32)33/h6-11,13-16H,4-5,12H2,1-3H3,(H,32,33). The average Bonchev–Trinajstić information content (AvgIpc) is 3.02. The Hall–Kier alpha value is -3.84. The molecule has 3 aromatic carbocycles. The highest BCUT2D eigenvalue weighted by Gasteiger charge is 2.36. The molecule has 33 heavy (non-hydrogen) atoms. The molecule has 1 aliphatic heterocycles. The van der Waals surface area contributed by atoms with Gasteiger partial charge >= 0.3 is 5.97 Å². The van der Waals surface area contributed by atoms with E-state index in [1.807, 2.05) is 18.2 Å². The van der Waals surface area contributed by atoms with Crippen molar-refractivity contribution in [2.75, 3.05) is 11.4 Å². The summed E-state index contributed by atoms with van der Waals surface area (Å²) in [5, 5.41) is 18.2. The summed E-state index contributed by atoms with van der Waals surface area (Å²) in [6.45, 7) is 7.69. The van der Waals surface area contributed by atoms with Gasteiger partial charge in [0.1, 0.15) is 11.6 Å². The Bertz CT molecular complexity index is 1370. The fourth-order valence-corrected chi connectivity index (χ4v) is 5.29. The highest BCUT2D eigenvalue weighted by Crippen LogP contribution is 2.50. The maximum Gasteiger partial charge on any atom is 0.346 e. The van der Waals surface area contributed by atoms with Crippen LogP contribution >= 0.6 is 0 Å². The number of benzene rings is 3. The highest BCUT2D eigenvalue weighted by molar-refractivity contribution is 5.96. The Morgan fingerprint density at radius 3 is 2.52 bits per heavy atom. The van der Waals surface area contributed by atoms with Crippen molar-refractivity contribution in [1.82, 2.24) is 0 Å². The van der Waals surface area contributed by atoms with Gasteiger partial charge in [0.25, 0.3) is 0 Å². The monoisotopic (exact) mass is 434 g/mol. The molecule has 2 aliphatic rings. The van der Waals surface area contributed by atoms with Crippen LogP contribution < -0.4 is 4.90 Å². The number of carbonyl (C=O) groups is 1. The zero-order valence-electron chi connectivity index (χ0n) is 19.1. The highest BCUT2D eigenvalue weighted by atomic mass is 16.4. The Labute approximate surface area is 194 Å². The van der Waals surface area contributed by atoms with Gasteiger partial charge in [0, 0.05) is 23.3 Å². The molecular weight excluding hydrogens is 408 g/mol. The molecule has 0 aromatic heterocycles. The number of aryl methyl sites for hydroxylation is 2. The van der Waals surface area contributed by atoms with E-state index in [9.17, 15) is 4.79 Å². The number of rotatable bonds is 3. The largest absolute Gasteiger partial charge is 0.477 e. The van der Waals surface area contributed by atoms with E-state index in [-0.39, 0.29) is 11.0 Å². The van der Waals surface area contributed by atoms with Crippen LogP contribution in [0, 0.1) is 18.3 Å². The molecule has 3 aromatic rings. The molecule has 0 radical (unpaired) electrons. The average molecular weight is 435 g/mol. The van der Waals surface area contributed by atoms with Gasteiger partial charge in [-0.15, -0.1) is 0 Å².